The molecule has 0 fully saturated rings. The summed E-state index contributed by atoms with van der Waals surface area (Å²) in [5.41, 5.74) is -1.03. The Kier molecular flexibility index (Phi) is 4.69. The fourth-order valence-corrected chi connectivity index (χ4v) is 4.25. The van der Waals surface area contributed by atoms with Crippen molar-refractivity contribution in [3.8, 4) is 0 Å². The number of rotatable bonds is 5. The number of halogens is 2. The molecule has 0 spiro atoms. The number of hydrogen-bond acceptors (Lipinski definition) is 6. The van der Waals surface area contributed by atoms with Crippen LogP contribution in [0.5, 0.6) is 0 Å². The first-order valence-electron chi connectivity index (χ1n) is 4.81. The van der Waals surface area contributed by atoms with Crippen LogP contribution < -0.4 is 5.14 Å². The summed E-state index contributed by atoms with van der Waals surface area (Å²) in [5, 5.41) is 14.7. The fraction of sp³-hybridized carbons (Fsp3) is 0.250. The second kappa shape index (κ2) is 5.60. The van der Waals surface area contributed by atoms with E-state index in [2.05, 4.69) is 5.14 Å². The second-order valence-electron chi connectivity index (χ2n) is 3.68. The molecule has 0 saturated heterocycles. The van der Waals surface area contributed by atoms with Crippen molar-refractivity contribution in [1.82, 2.24) is 0 Å². The van der Waals surface area contributed by atoms with Gasteiger partial charge < -0.3 is 0 Å². The molecule has 1 aromatic carbocycles. The van der Waals surface area contributed by atoms with E-state index >= 15 is 0 Å². The van der Waals surface area contributed by atoms with E-state index in [4.69, 9.17) is 11.6 Å². The van der Waals surface area contributed by atoms with Crippen molar-refractivity contribution in [1.29, 1.82) is 0 Å². The number of hydrogen-bond donors (Lipinski definition) is 1. The van der Waals surface area contributed by atoms with Gasteiger partial charge in [0.1, 0.15) is 10.7 Å². The summed E-state index contributed by atoms with van der Waals surface area (Å²) >= 11 is 5.38. The average molecular weight is 347 g/mol. The van der Waals surface area contributed by atoms with Crippen LogP contribution in [-0.4, -0.2) is 33.3 Å². The van der Waals surface area contributed by atoms with Crippen LogP contribution in [0.4, 0.5) is 10.1 Å². The smallest absolute Gasteiger partial charge is 0.258 e. The van der Waals surface area contributed by atoms with Crippen molar-refractivity contribution >= 4 is 37.1 Å². The van der Waals surface area contributed by atoms with E-state index < -0.39 is 57.7 Å². The fourth-order valence-electron chi connectivity index (χ4n) is 1.25. The zero-order valence-electron chi connectivity index (χ0n) is 9.62. The molecule has 0 bridgehead atoms. The first-order chi connectivity index (χ1) is 8.94. The van der Waals surface area contributed by atoms with Crippen LogP contribution >= 0.6 is 11.6 Å². The summed E-state index contributed by atoms with van der Waals surface area (Å²) in [6.07, 6.45) is 0. The second-order valence-corrected chi connectivity index (χ2v) is 7.90. The lowest BCUT2D eigenvalue weighted by Crippen LogP contribution is -2.23. The summed E-state index contributed by atoms with van der Waals surface area (Å²) < 4.78 is 58.3. The lowest BCUT2D eigenvalue weighted by molar-refractivity contribution is -0.388. The van der Waals surface area contributed by atoms with Crippen LogP contribution in [0, 0.1) is 15.9 Å². The van der Waals surface area contributed by atoms with Gasteiger partial charge in [0, 0.05) is 0 Å². The third-order valence-electron chi connectivity index (χ3n) is 2.17. The molecule has 0 unspecified atom stereocenters. The van der Waals surface area contributed by atoms with Gasteiger partial charge in [0.2, 0.25) is 10.0 Å². The molecular formula is C8H8ClFN2O6S2. The molecule has 1 rings (SSSR count). The molecule has 0 heterocycles. The number of nitrogens with zero attached hydrogens (tertiary/aromatic N) is 1. The molecule has 0 aliphatic heterocycles. The molecule has 0 aliphatic carbocycles. The molecule has 20 heavy (non-hydrogen) atoms. The minimum Gasteiger partial charge on any atom is -0.258 e. The predicted octanol–water partition coefficient (Wildman–Crippen LogP) is 0.450. The zero-order chi connectivity index (χ0) is 15.7. The Balaban J connectivity index is 3.37. The number of primary sulfonamides is 1. The highest BCUT2D eigenvalue weighted by atomic mass is 35.5. The molecule has 0 atom stereocenters. The quantitative estimate of drug-likeness (QED) is 0.466. The maximum atomic E-state index is 13.1. The maximum absolute atomic E-state index is 13.1. The number of nitro groups is 1. The summed E-state index contributed by atoms with van der Waals surface area (Å²) in [6.45, 7) is 0. The lowest BCUT2D eigenvalue weighted by Gasteiger charge is -2.06. The molecule has 0 saturated carbocycles. The van der Waals surface area contributed by atoms with Crippen molar-refractivity contribution in [2.75, 3.05) is 11.5 Å². The highest BCUT2D eigenvalue weighted by molar-refractivity contribution is 7.94. The first-order valence-corrected chi connectivity index (χ1v) is 8.55. The monoisotopic (exact) mass is 346 g/mol. The minimum absolute atomic E-state index is 0.353. The summed E-state index contributed by atoms with van der Waals surface area (Å²) in [6, 6.07) is 0.916. The van der Waals surface area contributed by atoms with Crippen LogP contribution in [0.25, 0.3) is 0 Å². The van der Waals surface area contributed by atoms with Crippen LogP contribution in [0.3, 0.4) is 0 Å². The standard InChI is InChI=1S/C8H8ClFN2O6S2/c9-5-3-8(7(12(13)14)4-6(5)10)19(15,16)1-2-20(11,17)18/h3-4H,1-2H2,(H2,11,17,18). The summed E-state index contributed by atoms with van der Waals surface area (Å²) in [4.78, 5) is 8.75. The number of sulfonamides is 1. The van der Waals surface area contributed by atoms with Gasteiger partial charge in [-0.2, -0.15) is 0 Å². The number of benzene rings is 1. The van der Waals surface area contributed by atoms with E-state index in [1.54, 1.807) is 0 Å². The van der Waals surface area contributed by atoms with Crippen LogP contribution in [0.1, 0.15) is 0 Å². The Morgan fingerprint density at radius 1 is 1.25 bits per heavy atom. The normalized spacial score (nSPS) is 12.3. The Morgan fingerprint density at radius 2 is 1.80 bits per heavy atom. The highest BCUT2D eigenvalue weighted by Gasteiger charge is 2.29. The van der Waals surface area contributed by atoms with Crippen molar-refractivity contribution in [3.63, 3.8) is 0 Å². The van der Waals surface area contributed by atoms with Gasteiger partial charge in [0.15, 0.2) is 9.84 Å². The van der Waals surface area contributed by atoms with Gasteiger partial charge >= 0.3 is 0 Å². The molecule has 112 valence electrons. The molecule has 12 heteroatoms. The summed E-state index contributed by atoms with van der Waals surface area (Å²) in [5.74, 6) is -3.07. The molecule has 0 amide bonds. The molecular weight excluding hydrogens is 339 g/mol. The summed E-state index contributed by atoms with van der Waals surface area (Å²) in [7, 11) is -8.43. The number of nitro benzene ring substituents is 1. The third kappa shape index (κ3) is 4.10. The molecule has 0 radical (unpaired) electrons. The van der Waals surface area contributed by atoms with Crippen LogP contribution in [-0.2, 0) is 19.9 Å². The Morgan fingerprint density at radius 3 is 2.25 bits per heavy atom. The van der Waals surface area contributed by atoms with E-state index in [1.807, 2.05) is 0 Å². The topological polar surface area (TPSA) is 137 Å². The SMILES string of the molecule is NS(=O)(=O)CCS(=O)(=O)c1cc(Cl)c(F)cc1[N+](=O)[O-]. The molecule has 0 aliphatic rings. The van der Waals surface area contributed by atoms with E-state index in [-0.39, 0.29) is 0 Å². The van der Waals surface area contributed by atoms with Gasteiger partial charge in [-0.05, 0) is 6.07 Å². The highest BCUT2D eigenvalue weighted by Crippen LogP contribution is 2.30. The maximum Gasteiger partial charge on any atom is 0.291 e. The number of sulfone groups is 1. The van der Waals surface area contributed by atoms with Gasteiger partial charge in [-0.1, -0.05) is 11.6 Å². The Labute approximate surface area is 118 Å². The van der Waals surface area contributed by atoms with E-state index in [0.29, 0.717) is 12.1 Å². The van der Waals surface area contributed by atoms with E-state index in [0.717, 1.165) is 0 Å². The predicted molar refractivity (Wildman–Crippen MR) is 68.1 cm³/mol. The van der Waals surface area contributed by atoms with Gasteiger partial charge in [-0.3, -0.25) is 10.1 Å². The van der Waals surface area contributed by atoms with Gasteiger partial charge in [-0.25, -0.2) is 26.4 Å². The Bertz CT molecular complexity index is 761. The van der Waals surface area contributed by atoms with Gasteiger partial charge in [-0.15, -0.1) is 0 Å². The van der Waals surface area contributed by atoms with Crippen molar-refractivity contribution in [2.45, 2.75) is 4.90 Å². The van der Waals surface area contributed by atoms with Crippen LogP contribution in [0.2, 0.25) is 5.02 Å². The molecule has 1 aromatic rings. The zero-order valence-corrected chi connectivity index (χ0v) is 12.0. The molecule has 2 N–H and O–H groups in total. The van der Waals surface area contributed by atoms with E-state index in [1.165, 1.54) is 0 Å². The number of nitrogens with two attached hydrogens (primary N) is 1. The molecule has 8 nitrogen and oxygen atoms in total. The molecule has 0 aromatic heterocycles. The third-order valence-corrected chi connectivity index (χ3v) is 5.23. The average Bonchev–Trinajstić information content (AvgIpc) is 2.28. The van der Waals surface area contributed by atoms with Crippen molar-refractivity contribution < 1.29 is 26.1 Å². The largest absolute Gasteiger partial charge is 0.291 e. The first kappa shape index (κ1) is 16.8. The van der Waals surface area contributed by atoms with Crippen molar-refractivity contribution in [3.05, 3.63) is 33.1 Å². The van der Waals surface area contributed by atoms with Crippen LogP contribution in [0.15, 0.2) is 17.0 Å². The minimum atomic E-state index is -4.36. The van der Waals surface area contributed by atoms with Gasteiger partial charge in [0.05, 0.1) is 27.5 Å². The lowest BCUT2D eigenvalue weighted by atomic mass is 10.3. The Hall–Kier alpha value is -1.30. The van der Waals surface area contributed by atoms with Crippen molar-refractivity contribution in [2.24, 2.45) is 5.14 Å². The van der Waals surface area contributed by atoms with Gasteiger partial charge in [0.25, 0.3) is 5.69 Å². The van der Waals surface area contributed by atoms with E-state index in [9.17, 15) is 31.3 Å².